The van der Waals surface area contributed by atoms with Crippen molar-refractivity contribution in [1.29, 1.82) is 0 Å². The van der Waals surface area contributed by atoms with Crippen molar-refractivity contribution >= 4 is 46.1 Å². The van der Waals surface area contributed by atoms with Gasteiger partial charge in [0.15, 0.2) is 5.76 Å². The number of rotatable bonds is 5. The van der Waals surface area contributed by atoms with Gasteiger partial charge in [0.25, 0.3) is 5.91 Å². The van der Waals surface area contributed by atoms with E-state index in [1.807, 2.05) is 67.6 Å². The van der Waals surface area contributed by atoms with Crippen LogP contribution in [-0.2, 0) is 5.75 Å². The van der Waals surface area contributed by atoms with E-state index in [0.717, 1.165) is 21.4 Å². The molecule has 0 atom stereocenters. The van der Waals surface area contributed by atoms with Gasteiger partial charge in [-0.2, -0.15) is 0 Å². The number of anilines is 1. The summed E-state index contributed by atoms with van der Waals surface area (Å²) in [5.41, 5.74) is 2.45. The first-order valence-corrected chi connectivity index (χ1v) is 10.1. The fraction of sp³-hybridized carbons (Fsp3) is 0.0909. The molecular formula is C22H17ClN2O2S. The third-order valence-corrected chi connectivity index (χ3v) is 5.63. The van der Waals surface area contributed by atoms with Gasteiger partial charge in [-0.3, -0.25) is 4.79 Å². The summed E-state index contributed by atoms with van der Waals surface area (Å²) in [5, 5.41) is 4.50. The summed E-state index contributed by atoms with van der Waals surface area (Å²) in [6.45, 7) is 1.90. The van der Waals surface area contributed by atoms with E-state index in [1.54, 1.807) is 18.0 Å². The molecule has 140 valence electrons. The van der Waals surface area contributed by atoms with E-state index in [0.29, 0.717) is 27.9 Å². The van der Waals surface area contributed by atoms with Crippen molar-refractivity contribution in [3.05, 3.63) is 88.8 Å². The van der Waals surface area contributed by atoms with Crippen molar-refractivity contribution in [2.45, 2.75) is 17.6 Å². The molecule has 4 aromatic rings. The maximum Gasteiger partial charge on any atom is 0.292 e. The first kappa shape index (κ1) is 18.6. The van der Waals surface area contributed by atoms with Gasteiger partial charge in [0.05, 0.1) is 0 Å². The number of carbonyl (C=O) groups is 1. The number of aryl methyl sites for hydroxylation is 1. The van der Waals surface area contributed by atoms with Gasteiger partial charge < -0.3 is 9.73 Å². The highest BCUT2D eigenvalue weighted by atomic mass is 35.5. The molecule has 6 heteroatoms. The highest BCUT2D eigenvalue weighted by Crippen LogP contribution is 2.33. The van der Waals surface area contributed by atoms with Crippen LogP contribution in [0.15, 0.2) is 76.2 Å². The molecule has 1 N–H and O–H groups in total. The molecule has 1 amide bonds. The van der Waals surface area contributed by atoms with Crippen LogP contribution in [0.3, 0.4) is 0 Å². The van der Waals surface area contributed by atoms with Gasteiger partial charge in [0, 0.05) is 32.8 Å². The number of carbonyl (C=O) groups excluding carboxylic acids is 1. The van der Waals surface area contributed by atoms with Gasteiger partial charge in [-0.15, -0.1) is 11.8 Å². The molecule has 0 aliphatic carbocycles. The number of para-hydroxylation sites is 1. The lowest BCUT2D eigenvalue weighted by molar-refractivity contribution is 0.0997. The number of halogens is 1. The Balaban J connectivity index is 1.65. The molecule has 0 radical (unpaired) electrons. The van der Waals surface area contributed by atoms with Crippen molar-refractivity contribution in [2.75, 3.05) is 5.32 Å². The van der Waals surface area contributed by atoms with Gasteiger partial charge in [0.2, 0.25) is 0 Å². The zero-order valence-electron chi connectivity index (χ0n) is 15.1. The number of amides is 1. The second-order valence-electron chi connectivity index (χ2n) is 6.27. The average molecular weight is 409 g/mol. The van der Waals surface area contributed by atoms with Crippen molar-refractivity contribution < 1.29 is 9.21 Å². The third kappa shape index (κ3) is 3.91. The molecule has 0 aliphatic rings. The Morgan fingerprint density at radius 2 is 1.89 bits per heavy atom. The maximum absolute atomic E-state index is 12.9. The van der Waals surface area contributed by atoms with Crippen LogP contribution in [0.5, 0.6) is 0 Å². The fourth-order valence-corrected chi connectivity index (χ4v) is 3.94. The first-order chi connectivity index (χ1) is 13.6. The van der Waals surface area contributed by atoms with E-state index in [1.165, 1.54) is 0 Å². The minimum Gasteiger partial charge on any atom is -0.451 e. The summed E-state index contributed by atoms with van der Waals surface area (Å²) in [6.07, 6.45) is 1.65. The molecule has 2 aromatic heterocycles. The molecule has 0 saturated heterocycles. The summed E-state index contributed by atoms with van der Waals surface area (Å²) in [7, 11) is 0. The van der Waals surface area contributed by atoms with Gasteiger partial charge in [-0.05, 0) is 48.9 Å². The molecule has 4 rings (SSSR count). The normalized spacial score (nSPS) is 10.9. The maximum atomic E-state index is 12.9. The fourth-order valence-electron chi connectivity index (χ4n) is 2.89. The number of benzene rings is 2. The lowest BCUT2D eigenvalue weighted by Gasteiger charge is -2.07. The predicted molar refractivity (Wildman–Crippen MR) is 114 cm³/mol. The molecule has 0 bridgehead atoms. The standard InChI is InChI=1S/C22H17ClN2O2S/c1-14-5-4-12-24-21(14)25-22(26)20-18(17-6-2-3-7-19(17)27-20)13-28-16-10-8-15(23)9-11-16/h2-12H,13H2,1H3,(H,24,25,26). The molecule has 4 nitrogen and oxygen atoms in total. The number of aromatic nitrogens is 1. The van der Waals surface area contributed by atoms with Crippen molar-refractivity contribution in [2.24, 2.45) is 0 Å². The molecule has 28 heavy (non-hydrogen) atoms. The van der Waals surface area contributed by atoms with E-state index in [2.05, 4.69) is 10.3 Å². The minimum atomic E-state index is -0.301. The number of pyridine rings is 1. The Bertz CT molecular complexity index is 1140. The first-order valence-electron chi connectivity index (χ1n) is 8.73. The molecule has 2 heterocycles. The highest BCUT2D eigenvalue weighted by molar-refractivity contribution is 7.98. The molecule has 2 aromatic carbocycles. The topological polar surface area (TPSA) is 55.1 Å². The average Bonchev–Trinajstić information content (AvgIpc) is 3.08. The number of fused-ring (bicyclic) bond motifs is 1. The Hall–Kier alpha value is -2.76. The van der Waals surface area contributed by atoms with Crippen molar-refractivity contribution in [1.82, 2.24) is 4.98 Å². The van der Waals surface area contributed by atoms with Gasteiger partial charge in [-0.25, -0.2) is 4.98 Å². The van der Waals surface area contributed by atoms with Crippen LogP contribution in [0.1, 0.15) is 21.7 Å². The van der Waals surface area contributed by atoms with Crippen LogP contribution >= 0.6 is 23.4 Å². The number of thioether (sulfide) groups is 1. The summed E-state index contributed by atoms with van der Waals surface area (Å²) < 4.78 is 5.91. The van der Waals surface area contributed by atoms with E-state index >= 15 is 0 Å². The zero-order chi connectivity index (χ0) is 19.5. The monoisotopic (exact) mass is 408 g/mol. The van der Waals surface area contributed by atoms with Crippen LogP contribution in [0.2, 0.25) is 5.02 Å². The quantitative estimate of drug-likeness (QED) is 0.392. The van der Waals surface area contributed by atoms with E-state index in [-0.39, 0.29) is 5.91 Å². The Kier molecular flexibility index (Phi) is 5.37. The molecule has 0 fully saturated rings. The van der Waals surface area contributed by atoms with Gasteiger partial charge >= 0.3 is 0 Å². The molecule has 0 spiro atoms. The van der Waals surface area contributed by atoms with Crippen LogP contribution < -0.4 is 5.32 Å². The smallest absolute Gasteiger partial charge is 0.292 e. The summed E-state index contributed by atoms with van der Waals surface area (Å²) in [4.78, 5) is 18.2. The number of furan rings is 1. The van der Waals surface area contributed by atoms with Crippen LogP contribution in [-0.4, -0.2) is 10.9 Å². The van der Waals surface area contributed by atoms with Crippen LogP contribution in [0, 0.1) is 6.92 Å². The number of nitrogens with one attached hydrogen (secondary N) is 1. The van der Waals surface area contributed by atoms with Crippen molar-refractivity contribution in [3.63, 3.8) is 0 Å². The Labute approximate surface area is 171 Å². The van der Waals surface area contributed by atoms with Gasteiger partial charge in [0.1, 0.15) is 11.4 Å². The SMILES string of the molecule is Cc1cccnc1NC(=O)c1oc2ccccc2c1CSc1ccc(Cl)cc1. The van der Waals surface area contributed by atoms with E-state index < -0.39 is 0 Å². The number of hydrogen-bond donors (Lipinski definition) is 1. The summed E-state index contributed by atoms with van der Waals surface area (Å²) in [6, 6.07) is 19.1. The highest BCUT2D eigenvalue weighted by Gasteiger charge is 2.21. The second kappa shape index (κ2) is 8.09. The van der Waals surface area contributed by atoms with E-state index in [4.69, 9.17) is 16.0 Å². The lowest BCUT2D eigenvalue weighted by Crippen LogP contribution is -2.14. The summed E-state index contributed by atoms with van der Waals surface area (Å²) in [5.74, 6) is 1.14. The summed E-state index contributed by atoms with van der Waals surface area (Å²) >= 11 is 7.59. The number of nitrogens with zero attached hydrogens (tertiary/aromatic N) is 1. The zero-order valence-corrected chi connectivity index (χ0v) is 16.7. The van der Waals surface area contributed by atoms with Crippen LogP contribution in [0.4, 0.5) is 5.82 Å². The second-order valence-corrected chi connectivity index (χ2v) is 7.76. The Morgan fingerprint density at radius 3 is 2.68 bits per heavy atom. The molecule has 0 unspecified atom stereocenters. The molecule has 0 saturated carbocycles. The number of hydrogen-bond acceptors (Lipinski definition) is 4. The lowest BCUT2D eigenvalue weighted by atomic mass is 10.1. The van der Waals surface area contributed by atoms with E-state index in [9.17, 15) is 4.79 Å². The van der Waals surface area contributed by atoms with Gasteiger partial charge in [-0.1, -0.05) is 35.9 Å². The minimum absolute atomic E-state index is 0.301. The van der Waals surface area contributed by atoms with Crippen LogP contribution in [0.25, 0.3) is 11.0 Å². The Morgan fingerprint density at radius 1 is 1.11 bits per heavy atom. The predicted octanol–water partition coefficient (Wildman–Crippen LogP) is 6.33. The largest absolute Gasteiger partial charge is 0.451 e. The van der Waals surface area contributed by atoms with Crippen molar-refractivity contribution in [3.8, 4) is 0 Å². The molecule has 0 aliphatic heterocycles. The third-order valence-electron chi connectivity index (χ3n) is 4.34. The molecular weight excluding hydrogens is 392 g/mol.